The summed E-state index contributed by atoms with van der Waals surface area (Å²) in [7, 11) is -1.32. The van der Waals surface area contributed by atoms with Gasteiger partial charge in [0, 0.05) is 0 Å². The standard InChI is InChI=1S/C16H35Cl2NSi/c17-20(18)16-14-12-10-8-6-4-2-1-3-5-7-9-11-13-15-19/h20H,1-16,19H2. The van der Waals surface area contributed by atoms with Crippen molar-refractivity contribution in [3.63, 3.8) is 0 Å². The molecule has 0 unspecified atom stereocenters. The smallest absolute Gasteiger partial charge is 0.237 e. The van der Waals surface area contributed by atoms with E-state index < -0.39 is 7.42 Å². The quantitative estimate of drug-likeness (QED) is 0.205. The fraction of sp³-hybridized carbons (Fsp3) is 1.00. The van der Waals surface area contributed by atoms with E-state index >= 15 is 0 Å². The molecule has 0 aromatic heterocycles. The molecule has 0 aliphatic rings. The summed E-state index contributed by atoms with van der Waals surface area (Å²) >= 11 is 11.7. The Morgan fingerprint density at radius 3 is 1.10 bits per heavy atom. The maximum Gasteiger partial charge on any atom is 0.237 e. The molecule has 0 saturated carbocycles. The SMILES string of the molecule is NCCCCCCCCCCCCCCCC[SiH](Cl)Cl. The van der Waals surface area contributed by atoms with Crippen LogP contribution < -0.4 is 5.73 Å². The Morgan fingerprint density at radius 2 is 0.800 bits per heavy atom. The van der Waals surface area contributed by atoms with E-state index in [2.05, 4.69) is 0 Å². The maximum absolute atomic E-state index is 5.83. The van der Waals surface area contributed by atoms with Crippen molar-refractivity contribution in [3.05, 3.63) is 0 Å². The average Bonchev–Trinajstić information content (AvgIpc) is 2.43. The molecule has 0 heterocycles. The predicted molar refractivity (Wildman–Crippen MR) is 97.4 cm³/mol. The summed E-state index contributed by atoms with van der Waals surface area (Å²) in [4.78, 5) is 0. The molecular formula is C16H35Cl2NSi. The Balaban J connectivity index is 2.92. The van der Waals surface area contributed by atoms with E-state index in [1.165, 1.54) is 89.9 Å². The molecule has 0 amide bonds. The van der Waals surface area contributed by atoms with Crippen molar-refractivity contribution in [2.24, 2.45) is 5.73 Å². The van der Waals surface area contributed by atoms with Gasteiger partial charge in [-0.25, -0.2) is 0 Å². The van der Waals surface area contributed by atoms with Gasteiger partial charge in [-0.3, -0.25) is 0 Å². The molecule has 4 heteroatoms. The lowest BCUT2D eigenvalue weighted by molar-refractivity contribution is 0.536. The lowest BCUT2D eigenvalue weighted by Crippen LogP contribution is -1.97. The highest BCUT2D eigenvalue weighted by molar-refractivity contribution is 7.33. The van der Waals surface area contributed by atoms with Crippen LogP contribution in [0.2, 0.25) is 6.04 Å². The van der Waals surface area contributed by atoms with Crippen molar-refractivity contribution in [2.45, 2.75) is 95.9 Å². The Kier molecular flexibility index (Phi) is 18.5. The fourth-order valence-corrected chi connectivity index (χ4v) is 4.09. The van der Waals surface area contributed by atoms with Crippen LogP contribution in [-0.2, 0) is 0 Å². The van der Waals surface area contributed by atoms with Crippen LogP contribution in [0.15, 0.2) is 0 Å². The van der Waals surface area contributed by atoms with Crippen molar-refractivity contribution in [3.8, 4) is 0 Å². The number of hydrogen-bond donors (Lipinski definition) is 1. The van der Waals surface area contributed by atoms with Crippen LogP contribution in [0.3, 0.4) is 0 Å². The minimum Gasteiger partial charge on any atom is -0.330 e. The molecule has 20 heavy (non-hydrogen) atoms. The molecule has 0 aliphatic heterocycles. The van der Waals surface area contributed by atoms with E-state index in [4.69, 9.17) is 27.9 Å². The second kappa shape index (κ2) is 17.8. The first-order valence-corrected chi connectivity index (χ1v) is 13.1. The zero-order valence-corrected chi connectivity index (χ0v) is 15.9. The lowest BCUT2D eigenvalue weighted by atomic mass is 10.0. The van der Waals surface area contributed by atoms with Crippen LogP contribution in [-0.4, -0.2) is 14.0 Å². The predicted octanol–water partition coefficient (Wildman–Crippen LogP) is 6.10. The van der Waals surface area contributed by atoms with E-state index in [0.717, 1.165) is 12.6 Å². The third kappa shape index (κ3) is 18.8. The highest BCUT2D eigenvalue weighted by Gasteiger charge is 2.00. The molecule has 0 aromatic rings. The van der Waals surface area contributed by atoms with Gasteiger partial charge in [0.1, 0.15) is 0 Å². The molecule has 122 valence electrons. The molecule has 0 spiro atoms. The minimum atomic E-state index is -1.32. The number of unbranched alkanes of at least 4 members (excludes halogenated alkanes) is 13. The van der Waals surface area contributed by atoms with Gasteiger partial charge in [0.15, 0.2) is 0 Å². The van der Waals surface area contributed by atoms with Crippen molar-refractivity contribution in [1.29, 1.82) is 0 Å². The number of halogens is 2. The molecule has 0 aliphatic carbocycles. The van der Waals surface area contributed by atoms with Crippen LogP contribution in [0.1, 0.15) is 89.9 Å². The molecule has 0 rings (SSSR count). The molecule has 0 fully saturated rings. The van der Waals surface area contributed by atoms with Gasteiger partial charge in [-0.15, -0.1) is 0 Å². The Labute approximate surface area is 138 Å². The molecular weight excluding hydrogens is 305 g/mol. The van der Waals surface area contributed by atoms with Crippen LogP contribution in [0.25, 0.3) is 0 Å². The van der Waals surface area contributed by atoms with E-state index in [0.29, 0.717) is 0 Å². The first kappa shape index (κ1) is 20.8. The Bertz CT molecular complexity index is 180. The zero-order chi connectivity index (χ0) is 14.9. The summed E-state index contributed by atoms with van der Waals surface area (Å²) in [6, 6.07) is 1.09. The normalized spacial score (nSPS) is 11.4. The van der Waals surface area contributed by atoms with Crippen LogP contribution in [0, 0.1) is 0 Å². The van der Waals surface area contributed by atoms with E-state index in [-0.39, 0.29) is 0 Å². The molecule has 1 nitrogen and oxygen atoms in total. The first-order valence-electron chi connectivity index (χ1n) is 8.75. The van der Waals surface area contributed by atoms with Crippen molar-refractivity contribution in [1.82, 2.24) is 0 Å². The molecule has 0 bridgehead atoms. The van der Waals surface area contributed by atoms with Gasteiger partial charge >= 0.3 is 0 Å². The van der Waals surface area contributed by atoms with Crippen LogP contribution >= 0.6 is 22.2 Å². The summed E-state index contributed by atoms with van der Waals surface area (Å²) < 4.78 is 0. The second-order valence-corrected chi connectivity index (χ2v) is 11.1. The Morgan fingerprint density at radius 1 is 0.500 bits per heavy atom. The van der Waals surface area contributed by atoms with Gasteiger partial charge in [-0.05, 0) is 19.0 Å². The van der Waals surface area contributed by atoms with Crippen molar-refractivity contribution in [2.75, 3.05) is 6.54 Å². The number of nitrogens with two attached hydrogens (primary N) is 1. The van der Waals surface area contributed by atoms with Crippen molar-refractivity contribution < 1.29 is 0 Å². The molecule has 2 N–H and O–H groups in total. The summed E-state index contributed by atoms with van der Waals surface area (Å²) in [6.07, 6.45) is 19.2. The van der Waals surface area contributed by atoms with Gasteiger partial charge in [-0.2, -0.15) is 22.2 Å². The van der Waals surface area contributed by atoms with Gasteiger partial charge < -0.3 is 5.73 Å². The lowest BCUT2D eigenvalue weighted by Gasteiger charge is -2.03. The van der Waals surface area contributed by atoms with Gasteiger partial charge in [-0.1, -0.05) is 83.5 Å². The van der Waals surface area contributed by atoms with Crippen LogP contribution in [0.4, 0.5) is 0 Å². The summed E-state index contributed by atoms with van der Waals surface area (Å²) in [5.74, 6) is 0. The third-order valence-electron chi connectivity index (χ3n) is 3.88. The van der Waals surface area contributed by atoms with E-state index in [1.807, 2.05) is 0 Å². The number of rotatable bonds is 16. The largest absolute Gasteiger partial charge is 0.330 e. The monoisotopic (exact) mass is 339 g/mol. The second-order valence-electron chi connectivity index (χ2n) is 5.92. The summed E-state index contributed by atoms with van der Waals surface area (Å²) in [6.45, 7) is 0.861. The van der Waals surface area contributed by atoms with E-state index in [9.17, 15) is 0 Å². The third-order valence-corrected chi connectivity index (χ3v) is 6.03. The maximum atomic E-state index is 5.83. The summed E-state index contributed by atoms with van der Waals surface area (Å²) in [5, 5.41) is 0. The molecule has 0 aromatic carbocycles. The molecule has 0 saturated heterocycles. The Hall–Kier alpha value is 0.757. The van der Waals surface area contributed by atoms with Gasteiger partial charge in [0.05, 0.1) is 0 Å². The van der Waals surface area contributed by atoms with Gasteiger partial charge in [0.25, 0.3) is 0 Å². The molecule has 0 atom stereocenters. The van der Waals surface area contributed by atoms with Crippen molar-refractivity contribution >= 4 is 29.6 Å². The average molecular weight is 340 g/mol. The van der Waals surface area contributed by atoms with Gasteiger partial charge in [0.2, 0.25) is 7.42 Å². The zero-order valence-electron chi connectivity index (χ0n) is 13.2. The highest BCUT2D eigenvalue weighted by atomic mass is 35.7. The molecule has 0 radical (unpaired) electrons. The van der Waals surface area contributed by atoms with Crippen LogP contribution in [0.5, 0.6) is 0 Å². The first-order chi connectivity index (χ1) is 9.77. The minimum absolute atomic E-state index is 0.861. The topological polar surface area (TPSA) is 26.0 Å². The fourth-order valence-electron chi connectivity index (χ4n) is 2.56. The number of hydrogen-bond acceptors (Lipinski definition) is 1. The summed E-state index contributed by atoms with van der Waals surface area (Å²) in [5.41, 5.74) is 5.48. The van der Waals surface area contributed by atoms with E-state index in [1.54, 1.807) is 0 Å². The highest BCUT2D eigenvalue weighted by Crippen LogP contribution is 2.14.